The zero-order valence-electron chi connectivity index (χ0n) is 11.1. The maximum atomic E-state index is 12.3. The fourth-order valence-corrected chi connectivity index (χ4v) is 2.74. The van der Waals surface area contributed by atoms with Crippen LogP contribution in [-0.4, -0.2) is 11.2 Å². The van der Waals surface area contributed by atoms with Gasteiger partial charge in [-0.3, -0.25) is 4.79 Å². The average Bonchev–Trinajstić information content (AvgIpc) is 2.44. The zero-order valence-corrected chi connectivity index (χ0v) is 14.3. The molecule has 0 heterocycles. The van der Waals surface area contributed by atoms with E-state index in [1.807, 2.05) is 49.4 Å². The second kappa shape index (κ2) is 7.04. The van der Waals surface area contributed by atoms with E-state index in [2.05, 4.69) is 37.2 Å². The Bertz CT molecular complexity index is 608. The number of carbonyl (C=O) groups is 1. The topological polar surface area (TPSA) is 29.1 Å². The number of hydrogen-bond acceptors (Lipinski definition) is 1. The number of hydrogen-bond donors (Lipinski definition) is 1. The Morgan fingerprint density at radius 3 is 2.50 bits per heavy atom. The van der Waals surface area contributed by atoms with Crippen molar-refractivity contribution in [3.05, 3.63) is 63.6 Å². The Morgan fingerprint density at radius 2 is 1.85 bits per heavy atom. The van der Waals surface area contributed by atoms with Gasteiger partial charge in [-0.25, -0.2) is 0 Å². The van der Waals surface area contributed by atoms with Crippen molar-refractivity contribution in [1.29, 1.82) is 0 Å². The number of amides is 1. The van der Waals surface area contributed by atoms with Crippen LogP contribution in [0.5, 0.6) is 0 Å². The largest absolute Gasteiger partial charge is 0.322 e. The highest BCUT2D eigenvalue weighted by Gasteiger charge is 2.10. The Morgan fingerprint density at radius 1 is 1.15 bits per heavy atom. The predicted molar refractivity (Wildman–Crippen MR) is 90.8 cm³/mol. The maximum Gasteiger partial charge on any atom is 0.255 e. The molecule has 0 aromatic heterocycles. The zero-order chi connectivity index (χ0) is 14.5. The van der Waals surface area contributed by atoms with Crippen LogP contribution in [0.25, 0.3) is 0 Å². The van der Waals surface area contributed by atoms with Crippen molar-refractivity contribution in [2.24, 2.45) is 0 Å². The first kappa shape index (κ1) is 15.3. The molecule has 2 rings (SSSR count). The fourth-order valence-electron chi connectivity index (χ4n) is 1.92. The third kappa shape index (κ3) is 3.70. The molecule has 0 spiro atoms. The van der Waals surface area contributed by atoms with Crippen LogP contribution in [0.1, 0.15) is 21.5 Å². The molecule has 4 heteroatoms. The van der Waals surface area contributed by atoms with Gasteiger partial charge in [0.25, 0.3) is 5.91 Å². The summed E-state index contributed by atoms with van der Waals surface area (Å²) in [6, 6.07) is 13.6. The molecule has 0 fully saturated rings. The summed E-state index contributed by atoms with van der Waals surface area (Å²) in [5.74, 6) is -0.0861. The summed E-state index contributed by atoms with van der Waals surface area (Å²) < 4.78 is 0.942. The quantitative estimate of drug-likeness (QED) is 0.728. The molecule has 0 saturated heterocycles. The van der Waals surface area contributed by atoms with Crippen molar-refractivity contribution in [1.82, 2.24) is 0 Å². The molecular weight excluding hydrogens is 382 g/mol. The molecule has 0 saturated carbocycles. The minimum Gasteiger partial charge on any atom is -0.322 e. The van der Waals surface area contributed by atoms with Crippen LogP contribution in [0.2, 0.25) is 0 Å². The smallest absolute Gasteiger partial charge is 0.255 e. The highest BCUT2D eigenvalue weighted by Crippen LogP contribution is 2.20. The van der Waals surface area contributed by atoms with Crippen LogP contribution >= 0.6 is 31.9 Å². The van der Waals surface area contributed by atoms with E-state index in [1.54, 1.807) is 0 Å². The van der Waals surface area contributed by atoms with Crippen molar-refractivity contribution in [2.45, 2.75) is 13.3 Å². The molecule has 0 unspecified atom stereocenters. The van der Waals surface area contributed by atoms with E-state index >= 15 is 0 Å². The first-order valence-corrected chi connectivity index (χ1v) is 8.24. The minimum atomic E-state index is -0.0861. The summed E-state index contributed by atoms with van der Waals surface area (Å²) in [5.41, 5.74) is 3.69. The number of alkyl halides is 1. The van der Waals surface area contributed by atoms with Gasteiger partial charge < -0.3 is 5.32 Å². The highest BCUT2D eigenvalue weighted by atomic mass is 79.9. The molecule has 104 valence electrons. The van der Waals surface area contributed by atoms with Gasteiger partial charge in [-0.15, -0.1) is 0 Å². The van der Waals surface area contributed by atoms with E-state index in [-0.39, 0.29) is 5.91 Å². The van der Waals surface area contributed by atoms with Gasteiger partial charge in [0.1, 0.15) is 0 Å². The lowest BCUT2D eigenvalue weighted by atomic mass is 10.1. The lowest BCUT2D eigenvalue weighted by Crippen LogP contribution is -2.13. The van der Waals surface area contributed by atoms with Gasteiger partial charge in [0.05, 0.1) is 0 Å². The molecule has 0 aliphatic heterocycles. The number of anilines is 1. The van der Waals surface area contributed by atoms with Gasteiger partial charge in [-0.2, -0.15) is 0 Å². The predicted octanol–water partition coefficient (Wildman–Crippen LogP) is 4.95. The summed E-state index contributed by atoms with van der Waals surface area (Å²) in [6.07, 6.45) is 0.985. The lowest BCUT2D eigenvalue weighted by molar-refractivity contribution is 0.102. The normalized spacial score (nSPS) is 10.3. The minimum absolute atomic E-state index is 0.0861. The summed E-state index contributed by atoms with van der Waals surface area (Å²) in [5, 5.41) is 3.86. The van der Waals surface area contributed by atoms with Crippen molar-refractivity contribution >= 4 is 43.5 Å². The van der Waals surface area contributed by atoms with Crippen LogP contribution in [-0.2, 0) is 6.42 Å². The maximum absolute atomic E-state index is 12.3. The van der Waals surface area contributed by atoms with E-state index < -0.39 is 0 Å². The number of rotatable bonds is 4. The Hall–Kier alpha value is -1.13. The number of nitrogens with one attached hydrogen (secondary N) is 1. The van der Waals surface area contributed by atoms with Crippen molar-refractivity contribution < 1.29 is 4.79 Å². The Labute approximate surface area is 135 Å². The molecule has 2 aromatic carbocycles. The molecule has 0 radical (unpaired) electrons. The van der Waals surface area contributed by atoms with Crippen molar-refractivity contribution in [3.63, 3.8) is 0 Å². The molecule has 0 bridgehead atoms. The first-order valence-electron chi connectivity index (χ1n) is 6.33. The molecule has 1 N–H and O–H groups in total. The van der Waals surface area contributed by atoms with Crippen molar-refractivity contribution in [3.8, 4) is 0 Å². The van der Waals surface area contributed by atoms with E-state index in [0.717, 1.165) is 27.5 Å². The first-order chi connectivity index (χ1) is 9.61. The van der Waals surface area contributed by atoms with Crippen LogP contribution in [0.15, 0.2) is 46.9 Å². The van der Waals surface area contributed by atoms with Crippen LogP contribution in [0.3, 0.4) is 0 Å². The third-order valence-corrected chi connectivity index (χ3v) is 4.36. The van der Waals surface area contributed by atoms with E-state index in [0.29, 0.717) is 5.56 Å². The van der Waals surface area contributed by atoms with Crippen molar-refractivity contribution in [2.75, 3.05) is 10.6 Å². The van der Waals surface area contributed by atoms with E-state index in [4.69, 9.17) is 0 Å². The van der Waals surface area contributed by atoms with Gasteiger partial charge in [0.15, 0.2) is 0 Å². The monoisotopic (exact) mass is 395 g/mol. The Balaban J connectivity index is 2.13. The molecule has 20 heavy (non-hydrogen) atoms. The molecule has 0 atom stereocenters. The summed E-state index contributed by atoms with van der Waals surface area (Å²) >= 11 is 6.86. The Kier molecular flexibility index (Phi) is 5.38. The van der Waals surface area contributed by atoms with Gasteiger partial charge in [-0.1, -0.05) is 50.1 Å². The van der Waals surface area contributed by atoms with Crippen LogP contribution in [0.4, 0.5) is 5.69 Å². The van der Waals surface area contributed by atoms with Gasteiger partial charge in [-0.05, 0) is 48.7 Å². The van der Waals surface area contributed by atoms with Crippen LogP contribution in [0, 0.1) is 6.92 Å². The van der Waals surface area contributed by atoms with Crippen LogP contribution < -0.4 is 5.32 Å². The summed E-state index contributed by atoms with van der Waals surface area (Å²) in [7, 11) is 0. The number of benzene rings is 2. The van der Waals surface area contributed by atoms with E-state index in [1.165, 1.54) is 5.56 Å². The standard InChI is InChI=1S/C16H15Br2NO/c1-11-14(3-2-4-15(11)18)16(20)19-13-7-5-12(6-8-13)9-10-17/h2-8H,9-10H2,1H3,(H,19,20). The highest BCUT2D eigenvalue weighted by molar-refractivity contribution is 9.10. The summed E-state index contributed by atoms with van der Waals surface area (Å²) in [6.45, 7) is 1.93. The lowest BCUT2D eigenvalue weighted by Gasteiger charge is -2.09. The molecule has 2 aromatic rings. The second-order valence-electron chi connectivity index (χ2n) is 4.50. The average molecular weight is 397 g/mol. The van der Waals surface area contributed by atoms with Gasteiger partial charge >= 0.3 is 0 Å². The molecule has 2 nitrogen and oxygen atoms in total. The number of aryl methyl sites for hydroxylation is 1. The molecule has 0 aliphatic rings. The molecular formula is C16H15Br2NO. The molecule has 1 amide bonds. The number of carbonyl (C=O) groups excluding carboxylic acids is 1. The summed E-state index contributed by atoms with van der Waals surface area (Å²) in [4.78, 5) is 12.3. The third-order valence-electron chi connectivity index (χ3n) is 3.11. The fraction of sp³-hybridized carbons (Fsp3) is 0.188. The molecule has 0 aliphatic carbocycles. The van der Waals surface area contributed by atoms with Gasteiger partial charge in [0, 0.05) is 21.1 Å². The van der Waals surface area contributed by atoms with Gasteiger partial charge in [0.2, 0.25) is 0 Å². The second-order valence-corrected chi connectivity index (χ2v) is 6.15. The SMILES string of the molecule is Cc1c(Br)cccc1C(=O)Nc1ccc(CCBr)cc1. The number of halogens is 2. The van der Waals surface area contributed by atoms with E-state index in [9.17, 15) is 4.79 Å².